The number of hydrogen-bond donors (Lipinski definition) is 2. The van der Waals surface area contributed by atoms with Crippen LogP contribution in [0.15, 0.2) is 24.3 Å². The van der Waals surface area contributed by atoms with E-state index < -0.39 is 15.9 Å². The molecule has 0 fully saturated rings. The SMILES string of the molecule is CCN(CC(N)=O)S(=O)(=O)Cc1cccc(C(N)=S)c1. The first-order valence-electron chi connectivity index (χ1n) is 5.91. The molecular weight excluding hydrogens is 298 g/mol. The summed E-state index contributed by atoms with van der Waals surface area (Å²) in [6.45, 7) is 1.50. The quantitative estimate of drug-likeness (QED) is 0.687. The number of carbonyl (C=O) groups excluding carboxylic acids is 1. The summed E-state index contributed by atoms with van der Waals surface area (Å²) in [5.41, 5.74) is 11.7. The summed E-state index contributed by atoms with van der Waals surface area (Å²) >= 11 is 4.85. The van der Waals surface area contributed by atoms with Gasteiger partial charge in [-0.2, -0.15) is 4.31 Å². The normalized spacial score (nSPS) is 11.5. The molecule has 6 nitrogen and oxygen atoms in total. The minimum absolute atomic E-state index is 0.181. The van der Waals surface area contributed by atoms with E-state index in [2.05, 4.69) is 0 Å². The Morgan fingerprint density at radius 3 is 2.50 bits per heavy atom. The van der Waals surface area contributed by atoms with Crippen LogP contribution in [0.3, 0.4) is 0 Å². The van der Waals surface area contributed by atoms with Crippen molar-refractivity contribution < 1.29 is 13.2 Å². The van der Waals surface area contributed by atoms with Crippen molar-refractivity contribution in [2.75, 3.05) is 13.1 Å². The first kappa shape index (κ1) is 16.5. The Morgan fingerprint density at radius 2 is 2.00 bits per heavy atom. The number of carbonyl (C=O) groups is 1. The van der Waals surface area contributed by atoms with E-state index in [1.165, 1.54) is 0 Å². The third-order valence-corrected chi connectivity index (χ3v) is 4.75. The molecule has 0 atom stereocenters. The fraction of sp³-hybridized carbons (Fsp3) is 0.333. The molecule has 1 aromatic rings. The molecule has 0 aliphatic rings. The molecule has 4 N–H and O–H groups in total. The third kappa shape index (κ3) is 4.55. The van der Waals surface area contributed by atoms with Crippen molar-refractivity contribution in [3.05, 3.63) is 35.4 Å². The van der Waals surface area contributed by atoms with E-state index in [-0.39, 0.29) is 23.8 Å². The molecule has 0 saturated heterocycles. The molecule has 20 heavy (non-hydrogen) atoms. The van der Waals surface area contributed by atoms with Gasteiger partial charge in [0.1, 0.15) is 4.99 Å². The van der Waals surface area contributed by atoms with Gasteiger partial charge in [0.15, 0.2) is 0 Å². The number of benzene rings is 1. The zero-order chi connectivity index (χ0) is 15.3. The van der Waals surface area contributed by atoms with Crippen molar-refractivity contribution in [1.82, 2.24) is 4.31 Å². The molecule has 0 unspecified atom stereocenters. The van der Waals surface area contributed by atoms with Crippen molar-refractivity contribution in [1.29, 1.82) is 0 Å². The van der Waals surface area contributed by atoms with Crippen LogP contribution in [0, 0.1) is 0 Å². The van der Waals surface area contributed by atoms with Gasteiger partial charge in [-0.15, -0.1) is 0 Å². The summed E-state index contributed by atoms with van der Waals surface area (Å²) in [6.07, 6.45) is 0. The maximum absolute atomic E-state index is 12.2. The number of sulfonamides is 1. The van der Waals surface area contributed by atoms with Gasteiger partial charge >= 0.3 is 0 Å². The van der Waals surface area contributed by atoms with Crippen LogP contribution >= 0.6 is 12.2 Å². The summed E-state index contributed by atoms with van der Waals surface area (Å²) in [7, 11) is -3.61. The van der Waals surface area contributed by atoms with Gasteiger partial charge < -0.3 is 11.5 Å². The number of likely N-dealkylation sites (N-methyl/N-ethyl adjacent to an activating group) is 1. The van der Waals surface area contributed by atoms with Crippen LogP contribution in [0.1, 0.15) is 18.1 Å². The molecule has 1 amide bonds. The van der Waals surface area contributed by atoms with Crippen molar-refractivity contribution >= 4 is 33.1 Å². The number of primary amides is 1. The maximum atomic E-state index is 12.2. The first-order valence-corrected chi connectivity index (χ1v) is 7.93. The Balaban J connectivity index is 2.98. The standard InChI is InChI=1S/C12H17N3O3S2/c1-2-15(7-11(13)16)20(17,18)8-9-4-3-5-10(6-9)12(14)19/h3-6H,2,7-8H2,1H3,(H2,13,16)(H2,14,19). The van der Waals surface area contributed by atoms with Crippen LogP contribution in [0.5, 0.6) is 0 Å². The molecule has 8 heteroatoms. The molecule has 110 valence electrons. The van der Waals surface area contributed by atoms with Crippen LogP contribution in [0.25, 0.3) is 0 Å². The predicted octanol–water partition coefficient (Wildman–Crippen LogP) is -0.0422. The fourth-order valence-corrected chi connectivity index (χ4v) is 3.32. The van der Waals surface area contributed by atoms with Gasteiger partial charge in [-0.25, -0.2) is 8.42 Å². The number of hydrogen-bond acceptors (Lipinski definition) is 4. The highest BCUT2D eigenvalue weighted by atomic mass is 32.2. The highest BCUT2D eigenvalue weighted by Crippen LogP contribution is 2.12. The van der Waals surface area contributed by atoms with Gasteiger partial charge in [0.2, 0.25) is 15.9 Å². The van der Waals surface area contributed by atoms with Crippen LogP contribution in [0.2, 0.25) is 0 Å². The Bertz CT molecular complexity index is 614. The van der Waals surface area contributed by atoms with E-state index in [0.717, 1.165) is 4.31 Å². The van der Waals surface area contributed by atoms with Gasteiger partial charge in [0.05, 0.1) is 12.3 Å². The topological polar surface area (TPSA) is 106 Å². The Morgan fingerprint density at radius 1 is 1.35 bits per heavy atom. The maximum Gasteiger partial charge on any atom is 0.232 e. The number of nitrogens with two attached hydrogens (primary N) is 2. The second-order valence-corrected chi connectivity index (χ2v) is 6.62. The molecule has 0 saturated carbocycles. The summed E-state index contributed by atoms with van der Waals surface area (Å²) in [6, 6.07) is 6.68. The largest absolute Gasteiger partial charge is 0.389 e. The van der Waals surface area contributed by atoms with Crippen molar-refractivity contribution in [2.24, 2.45) is 11.5 Å². The lowest BCUT2D eigenvalue weighted by molar-refractivity contribution is -0.118. The molecule has 1 aromatic carbocycles. The zero-order valence-corrected chi connectivity index (χ0v) is 12.7. The van der Waals surface area contributed by atoms with E-state index in [1.807, 2.05) is 0 Å². The molecule has 0 bridgehead atoms. The summed E-state index contributed by atoms with van der Waals surface area (Å²) < 4.78 is 25.4. The first-order chi connectivity index (χ1) is 9.26. The van der Waals surface area contributed by atoms with E-state index in [4.69, 9.17) is 23.7 Å². The van der Waals surface area contributed by atoms with Crippen LogP contribution in [-0.2, 0) is 20.6 Å². The van der Waals surface area contributed by atoms with E-state index >= 15 is 0 Å². The number of rotatable bonds is 7. The van der Waals surface area contributed by atoms with Crippen molar-refractivity contribution in [2.45, 2.75) is 12.7 Å². The summed E-state index contributed by atoms with van der Waals surface area (Å²) in [5, 5.41) is 0. The number of amides is 1. The fourth-order valence-electron chi connectivity index (χ4n) is 1.70. The minimum atomic E-state index is -3.61. The lowest BCUT2D eigenvalue weighted by atomic mass is 10.1. The number of thiocarbonyl (C=S) groups is 1. The second-order valence-electron chi connectivity index (χ2n) is 4.21. The van der Waals surface area contributed by atoms with E-state index in [1.54, 1.807) is 31.2 Å². The summed E-state index contributed by atoms with van der Waals surface area (Å²) in [5.74, 6) is -0.919. The number of nitrogens with zero attached hydrogens (tertiary/aromatic N) is 1. The van der Waals surface area contributed by atoms with Crippen LogP contribution < -0.4 is 11.5 Å². The second kappa shape index (κ2) is 6.78. The van der Waals surface area contributed by atoms with Gasteiger partial charge in [0.25, 0.3) is 0 Å². The predicted molar refractivity (Wildman–Crippen MR) is 81.4 cm³/mol. The molecule has 0 spiro atoms. The van der Waals surface area contributed by atoms with Gasteiger partial charge in [-0.3, -0.25) is 4.79 Å². The van der Waals surface area contributed by atoms with E-state index in [9.17, 15) is 13.2 Å². The molecule has 0 heterocycles. The van der Waals surface area contributed by atoms with Gasteiger partial charge in [0, 0.05) is 12.1 Å². The van der Waals surface area contributed by atoms with E-state index in [0.29, 0.717) is 11.1 Å². The molecule has 1 rings (SSSR count). The lowest BCUT2D eigenvalue weighted by Crippen LogP contribution is -2.38. The smallest absolute Gasteiger partial charge is 0.232 e. The summed E-state index contributed by atoms with van der Waals surface area (Å²) in [4.78, 5) is 11.1. The minimum Gasteiger partial charge on any atom is -0.389 e. The lowest BCUT2D eigenvalue weighted by Gasteiger charge is -2.18. The van der Waals surface area contributed by atoms with Gasteiger partial charge in [-0.1, -0.05) is 37.3 Å². The third-order valence-electron chi connectivity index (χ3n) is 2.64. The van der Waals surface area contributed by atoms with Crippen LogP contribution in [0.4, 0.5) is 0 Å². The van der Waals surface area contributed by atoms with Crippen molar-refractivity contribution in [3.8, 4) is 0 Å². The molecule has 0 aliphatic carbocycles. The Labute approximate surface area is 123 Å². The average molecular weight is 315 g/mol. The average Bonchev–Trinajstić information content (AvgIpc) is 2.35. The Hall–Kier alpha value is -1.51. The zero-order valence-electron chi connectivity index (χ0n) is 11.1. The van der Waals surface area contributed by atoms with Crippen molar-refractivity contribution in [3.63, 3.8) is 0 Å². The molecule has 0 aliphatic heterocycles. The van der Waals surface area contributed by atoms with Gasteiger partial charge in [-0.05, 0) is 11.6 Å². The molecule has 0 aromatic heterocycles. The monoisotopic (exact) mass is 315 g/mol. The highest BCUT2D eigenvalue weighted by Gasteiger charge is 2.22. The highest BCUT2D eigenvalue weighted by molar-refractivity contribution is 7.88. The van der Waals surface area contributed by atoms with Crippen LogP contribution in [-0.4, -0.2) is 36.7 Å². The Kier molecular flexibility index (Phi) is 5.61. The molecular formula is C12H17N3O3S2. The molecule has 0 radical (unpaired) electrons.